The Morgan fingerprint density at radius 1 is 0.750 bits per heavy atom. The van der Waals surface area contributed by atoms with Crippen molar-refractivity contribution in [2.45, 2.75) is 80.1 Å². The third-order valence-electron chi connectivity index (χ3n) is 3.79. The maximum Gasteiger partial charge on any atom is -0.0386 e. The molecule has 3 unspecified atom stereocenters. The smallest absolute Gasteiger partial charge is 0.0386 e. The molecule has 0 heterocycles. The van der Waals surface area contributed by atoms with Gasteiger partial charge < -0.3 is 0 Å². The van der Waals surface area contributed by atoms with E-state index in [1.165, 1.54) is 38.5 Å². The normalized spacial score (nSPS) is 17.4. The Bertz CT molecular complexity index is 148. The summed E-state index contributed by atoms with van der Waals surface area (Å²) in [5, 5.41) is 0. The van der Waals surface area contributed by atoms with Gasteiger partial charge in [-0.1, -0.05) is 67.2 Å². The zero-order valence-corrected chi connectivity index (χ0v) is 12.6. The first-order chi connectivity index (χ1) is 7.51. The molecule has 0 radical (unpaired) electrons. The van der Waals surface area contributed by atoms with Gasteiger partial charge in [0, 0.05) is 0 Å². The van der Waals surface area contributed by atoms with Gasteiger partial charge in [-0.3, -0.25) is 0 Å². The van der Waals surface area contributed by atoms with E-state index in [9.17, 15) is 0 Å². The summed E-state index contributed by atoms with van der Waals surface area (Å²) in [6, 6.07) is 0. The van der Waals surface area contributed by atoms with Gasteiger partial charge in [-0.25, -0.2) is 0 Å². The molecule has 0 nitrogen and oxygen atoms in total. The van der Waals surface area contributed by atoms with E-state index in [1.807, 2.05) is 0 Å². The number of hydrogen-bond acceptors (Lipinski definition) is 0. The Morgan fingerprint density at radius 3 is 1.75 bits per heavy atom. The SMILES string of the molecule is CCCC(C)C(CCC)CC(C)CC(C)C. The topological polar surface area (TPSA) is 0 Å². The minimum Gasteiger partial charge on any atom is -0.0654 e. The predicted molar refractivity (Wildman–Crippen MR) is 75.7 cm³/mol. The highest BCUT2D eigenvalue weighted by molar-refractivity contribution is 4.70. The number of rotatable bonds is 9. The van der Waals surface area contributed by atoms with Gasteiger partial charge in [-0.05, 0) is 36.5 Å². The van der Waals surface area contributed by atoms with Gasteiger partial charge in [0.2, 0.25) is 0 Å². The summed E-state index contributed by atoms with van der Waals surface area (Å²) in [5.41, 5.74) is 0. The fourth-order valence-electron chi connectivity index (χ4n) is 3.11. The summed E-state index contributed by atoms with van der Waals surface area (Å²) in [6.07, 6.45) is 8.40. The molecule has 0 bridgehead atoms. The lowest BCUT2D eigenvalue weighted by molar-refractivity contribution is 0.243. The second-order valence-corrected chi connectivity index (χ2v) is 6.29. The molecule has 0 saturated heterocycles. The van der Waals surface area contributed by atoms with Crippen LogP contribution in [0.25, 0.3) is 0 Å². The lowest BCUT2D eigenvalue weighted by Crippen LogP contribution is -2.16. The van der Waals surface area contributed by atoms with E-state index in [0.717, 1.165) is 23.7 Å². The van der Waals surface area contributed by atoms with Crippen molar-refractivity contribution < 1.29 is 0 Å². The van der Waals surface area contributed by atoms with Crippen LogP contribution in [0.5, 0.6) is 0 Å². The first kappa shape index (κ1) is 16.0. The molecule has 0 aromatic carbocycles. The molecule has 0 aliphatic carbocycles. The molecule has 0 heteroatoms. The van der Waals surface area contributed by atoms with Crippen molar-refractivity contribution in [3.8, 4) is 0 Å². The molecule has 0 rings (SSSR count). The first-order valence-electron chi connectivity index (χ1n) is 7.51. The Balaban J connectivity index is 4.09. The Morgan fingerprint density at radius 2 is 1.31 bits per heavy atom. The zero-order valence-electron chi connectivity index (χ0n) is 12.6. The molecule has 0 saturated carbocycles. The van der Waals surface area contributed by atoms with Crippen molar-refractivity contribution in [3.05, 3.63) is 0 Å². The molecule has 0 aromatic rings. The third-order valence-corrected chi connectivity index (χ3v) is 3.79. The molecular formula is C16H34. The van der Waals surface area contributed by atoms with E-state index in [0.29, 0.717) is 0 Å². The average Bonchev–Trinajstić information content (AvgIpc) is 2.16. The molecule has 0 aliphatic rings. The van der Waals surface area contributed by atoms with Gasteiger partial charge in [-0.2, -0.15) is 0 Å². The van der Waals surface area contributed by atoms with E-state index in [1.54, 1.807) is 0 Å². The van der Waals surface area contributed by atoms with Crippen LogP contribution >= 0.6 is 0 Å². The van der Waals surface area contributed by atoms with Crippen molar-refractivity contribution in [1.82, 2.24) is 0 Å². The van der Waals surface area contributed by atoms with Crippen LogP contribution in [0, 0.1) is 23.7 Å². The van der Waals surface area contributed by atoms with Crippen LogP contribution in [-0.2, 0) is 0 Å². The zero-order chi connectivity index (χ0) is 12.6. The minimum absolute atomic E-state index is 0.860. The quantitative estimate of drug-likeness (QED) is 0.458. The van der Waals surface area contributed by atoms with Crippen molar-refractivity contribution >= 4 is 0 Å². The lowest BCUT2D eigenvalue weighted by atomic mass is 9.79. The van der Waals surface area contributed by atoms with Crippen molar-refractivity contribution in [1.29, 1.82) is 0 Å². The van der Waals surface area contributed by atoms with E-state index < -0.39 is 0 Å². The van der Waals surface area contributed by atoms with E-state index in [4.69, 9.17) is 0 Å². The summed E-state index contributed by atoms with van der Waals surface area (Å²) >= 11 is 0. The molecule has 0 fully saturated rings. The predicted octanol–water partition coefficient (Wildman–Crippen LogP) is 5.91. The molecule has 98 valence electrons. The van der Waals surface area contributed by atoms with Crippen LogP contribution in [0.4, 0.5) is 0 Å². The monoisotopic (exact) mass is 226 g/mol. The summed E-state index contributed by atoms with van der Waals surface area (Å²) in [7, 11) is 0. The Labute approximate surface area is 104 Å². The average molecular weight is 226 g/mol. The molecule has 3 atom stereocenters. The van der Waals surface area contributed by atoms with Gasteiger partial charge in [0.15, 0.2) is 0 Å². The van der Waals surface area contributed by atoms with Gasteiger partial charge in [0.05, 0.1) is 0 Å². The van der Waals surface area contributed by atoms with E-state index in [-0.39, 0.29) is 0 Å². The first-order valence-corrected chi connectivity index (χ1v) is 7.51. The fourth-order valence-corrected chi connectivity index (χ4v) is 3.11. The van der Waals surface area contributed by atoms with Crippen LogP contribution in [0.15, 0.2) is 0 Å². The molecular weight excluding hydrogens is 192 g/mol. The molecule has 0 N–H and O–H groups in total. The largest absolute Gasteiger partial charge is 0.0654 e. The Kier molecular flexibility index (Phi) is 9.07. The maximum atomic E-state index is 2.46. The second-order valence-electron chi connectivity index (χ2n) is 6.29. The maximum absolute atomic E-state index is 2.46. The molecule has 0 amide bonds. The van der Waals surface area contributed by atoms with Crippen molar-refractivity contribution in [3.63, 3.8) is 0 Å². The molecule has 16 heavy (non-hydrogen) atoms. The Hall–Kier alpha value is 0. The van der Waals surface area contributed by atoms with Crippen LogP contribution in [-0.4, -0.2) is 0 Å². The van der Waals surface area contributed by atoms with Crippen LogP contribution in [0.3, 0.4) is 0 Å². The third kappa shape index (κ3) is 7.30. The molecule has 0 spiro atoms. The lowest BCUT2D eigenvalue weighted by Gasteiger charge is -2.27. The van der Waals surface area contributed by atoms with Crippen LogP contribution < -0.4 is 0 Å². The van der Waals surface area contributed by atoms with Crippen molar-refractivity contribution in [2.75, 3.05) is 0 Å². The standard InChI is InChI=1S/C16H34/c1-7-9-15(6)16(10-8-2)12-14(5)11-13(3)4/h13-16H,7-12H2,1-6H3. The van der Waals surface area contributed by atoms with Gasteiger partial charge >= 0.3 is 0 Å². The molecule has 0 aliphatic heterocycles. The van der Waals surface area contributed by atoms with Gasteiger partial charge in [0.25, 0.3) is 0 Å². The van der Waals surface area contributed by atoms with E-state index >= 15 is 0 Å². The second kappa shape index (κ2) is 9.07. The summed E-state index contributed by atoms with van der Waals surface area (Å²) < 4.78 is 0. The summed E-state index contributed by atoms with van der Waals surface area (Å²) in [6.45, 7) is 14.3. The van der Waals surface area contributed by atoms with Crippen molar-refractivity contribution in [2.24, 2.45) is 23.7 Å². The number of hydrogen-bond donors (Lipinski definition) is 0. The molecule has 0 aromatic heterocycles. The van der Waals surface area contributed by atoms with E-state index in [2.05, 4.69) is 41.5 Å². The highest BCUT2D eigenvalue weighted by Gasteiger charge is 2.19. The minimum atomic E-state index is 0.860. The fraction of sp³-hybridized carbons (Fsp3) is 1.00. The van der Waals surface area contributed by atoms with Gasteiger partial charge in [0.1, 0.15) is 0 Å². The summed E-state index contributed by atoms with van der Waals surface area (Å²) in [5.74, 6) is 3.67. The highest BCUT2D eigenvalue weighted by atomic mass is 14.2. The highest BCUT2D eigenvalue weighted by Crippen LogP contribution is 2.30. The summed E-state index contributed by atoms with van der Waals surface area (Å²) in [4.78, 5) is 0. The van der Waals surface area contributed by atoms with Crippen LogP contribution in [0.2, 0.25) is 0 Å². The van der Waals surface area contributed by atoms with Gasteiger partial charge in [-0.15, -0.1) is 0 Å². The van der Waals surface area contributed by atoms with Crippen LogP contribution in [0.1, 0.15) is 80.1 Å².